The van der Waals surface area contributed by atoms with Gasteiger partial charge in [0.1, 0.15) is 18.1 Å². The number of carbonyl (C=O) groups is 4. The molecule has 0 aromatic carbocycles. The molecule has 178 valence electrons. The predicted octanol–water partition coefficient (Wildman–Crippen LogP) is -4.79. The van der Waals surface area contributed by atoms with Gasteiger partial charge in [0.15, 0.2) is 5.96 Å². The van der Waals surface area contributed by atoms with Gasteiger partial charge in [0, 0.05) is 12.3 Å². The second kappa shape index (κ2) is 14.4. The van der Waals surface area contributed by atoms with Gasteiger partial charge in [0.2, 0.25) is 17.7 Å². The van der Waals surface area contributed by atoms with Crippen LogP contribution in [0.25, 0.3) is 0 Å². The summed E-state index contributed by atoms with van der Waals surface area (Å²) in [6.07, 6.45) is -1.07. The smallest absolute Gasteiger partial charge is 0.328 e. The molecule has 0 saturated carbocycles. The van der Waals surface area contributed by atoms with Crippen molar-refractivity contribution in [1.82, 2.24) is 16.0 Å². The molecule has 0 aliphatic rings. The highest BCUT2D eigenvalue weighted by atomic mass is 32.1. The lowest BCUT2D eigenvalue weighted by Crippen LogP contribution is -2.60. The summed E-state index contributed by atoms with van der Waals surface area (Å²) in [4.78, 5) is 51.8. The molecule has 0 spiro atoms. The Morgan fingerprint density at radius 1 is 1.03 bits per heavy atom. The molecule has 0 rings (SSSR count). The van der Waals surface area contributed by atoms with Crippen molar-refractivity contribution in [3.8, 4) is 0 Å². The summed E-state index contributed by atoms with van der Waals surface area (Å²) in [5.74, 6) is -4.17. The number of hydrogen-bond donors (Lipinski definition) is 10. The van der Waals surface area contributed by atoms with Crippen LogP contribution in [-0.2, 0) is 19.2 Å². The molecule has 0 aromatic rings. The van der Waals surface area contributed by atoms with Crippen molar-refractivity contribution in [1.29, 1.82) is 0 Å². The van der Waals surface area contributed by atoms with Gasteiger partial charge in [-0.3, -0.25) is 19.4 Å². The number of aliphatic carboxylic acids is 1. The number of nitrogens with one attached hydrogen (secondary N) is 3. The number of aliphatic imine (C=N–C) groups is 1. The van der Waals surface area contributed by atoms with Crippen LogP contribution in [0.4, 0.5) is 0 Å². The Bertz CT molecular complexity index is 658. The molecule has 12 N–H and O–H groups in total. The molecular formula is C16H31N7O7S. The number of guanidine groups is 1. The van der Waals surface area contributed by atoms with E-state index in [2.05, 4.69) is 28.3 Å². The largest absolute Gasteiger partial charge is 0.480 e. The number of rotatable bonds is 14. The van der Waals surface area contributed by atoms with Gasteiger partial charge in [-0.25, -0.2) is 4.79 Å². The molecule has 0 radical (unpaired) electrons. The maximum Gasteiger partial charge on any atom is 0.328 e. The number of hydrogen-bond acceptors (Lipinski definition) is 9. The molecule has 0 bridgehead atoms. The summed E-state index contributed by atoms with van der Waals surface area (Å²) >= 11 is 3.92. The van der Waals surface area contributed by atoms with Crippen LogP contribution in [0.15, 0.2) is 4.99 Å². The SMILES string of the molecule is C[C@@H](O)[C@H](NC(=O)[C@H](CCCN=C(N)N)NC(=O)[C@@H](N)CS)C(=O)N[C@@H](CO)C(=O)O. The normalized spacial score (nSPS) is 15.5. The van der Waals surface area contributed by atoms with Gasteiger partial charge >= 0.3 is 5.97 Å². The van der Waals surface area contributed by atoms with E-state index in [-0.39, 0.29) is 31.1 Å². The minimum absolute atomic E-state index is 0.0185. The quantitative estimate of drug-likeness (QED) is 0.0506. The van der Waals surface area contributed by atoms with Crippen molar-refractivity contribution < 1.29 is 34.5 Å². The lowest BCUT2D eigenvalue weighted by molar-refractivity contribution is -0.144. The van der Waals surface area contributed by atoms with Crippen molar-refractivity contribution in [2.45, 2.75) is 50.0 Å². The first-order valence-electron chi connectivity index (χ1n) is 9.29. The summed E-state index contributed by atoms with van der Waals surface area (Å²) in [6, 6.07) is -5.34. The molecule has 5 atom stereocenters. The molecule has 0 unspecified atom stereocenters. The first kappa shape index (κ1) is 28.4. The average molecular weight is 466 g/mol. The van der Waals surface area contributed by atoms with Crippen molar-refractivity contribution in [2.75, 3.05) is 18.9 Å². The summed E-state index contributed by atoms with van der Waals surface area (Å²) in [7, 11) is 0. The van der Waals surface area contributed by atoms with Crippen LogP contribution < -0.4 is 33.2 Å². The number of carboxylic acids is 1. The standard InChI is InChI=1S/C16H31N7O7S/c1-7(25)11(14(28)22-10(5-24)15(29)30)23-13(27)9(3-2-4-20-16(18)19)21-12(26)8(17)6-31/h7-11,24-25,31H,2-6,17H2,1H3,(H,21,26)(H,22,28)(H,23,27)(H,29,30)(H4,18,19,20)/t7-,8+,9+,10+,11+/m1/s1. The van der Waals surface area contributed by atoms with E-state index in [1.165, 1.54) is 6.92 Å². The van der Waals surface area contributed by atoms with Gasteiger partial charge in [-0.15, -0.1) is 0 Å². The van der Waals surface area contributed by atoms with E-state index in [0.29, 0.717) is 0 Å². The fraction of sp³-hybridized carbons (Fsp3) is 0.688. The zero-order valence-corrected chi connectivity index (χ0v) is 17.9. The number of carbonyl (C=O) groups excluding carboxylic acids is 3. The van der Waals surface area contributed by atoms with Crippen molar-refractivity contribution in [3.05, 3.63) is 0 Å². The number of thiol groups is 1. The van der Waals surface area contributed by atoms with E-state index < -0.39 is 60.6 Å². The lowest BCUT2D eigenvalue weighted by Gasteiger charge is -2.26. The molecule has 0 heterocycles. The van der Waals surface area contributed by atoms with Gasteiger partial charge in [0.05, 0.1) is 18.8 Å². The average Bonchev–Trinajstić information content (AvgIpc) is 2.70. The van der Waals surface area contributed by atoms with Gasteiger partial charge < -0.3 is 48.5 Å². The molecular weight excluding hydrogens is 434 g/mol. The number of aliphatic hydroxyl groups is 2. The number of amides is 3. The fourth-order valence-corrected chi connectivity index (χ4v) is 2.41. The molecule has 0 fully saturated rings. The Morgan fingerprint density at radius 2 is 1.61 bits per heavy atom. The molecule has 31 heavy (non-hydrogen) atoms. The lowest BCUT2D eigenvalue weighted by atomic mass is 10.1. The van der Waals surface area contributed by atoms with E-state index in [1.807, 2.05) is 5.32 Å². The minimum Gasteiger partial charge on any atom is -0.480 e. The summed E-state index contributed by atoms with van der Waals surface area (Å²) < 4.78 is 0. The van der Waals surface area contributed by atoms with Gasteiger partial charge in [-0.05, 0) is 19.8 Å². The Kier molecular flexibility index (Phi) is 13.2. The molecule has 0 aliphatic heterocycles. The summed E-state index contributed by atoms with van der Waals surface area (Å²) in [6.45, 7) is 0.465. The zero-order valence-electron chi connectivity index (χ0n) is 17.0. The Morgan fingerprint density at radius 3 is 2.06 bits per heavy atom. The van der Waals surface area contributed by atoms with Gasteiger partial charge in [0.25, 0.3) is 0 Å². The highest BCUT2D eigenvalue weighted by molar-refractivity contribution is 7.80. The molecule has 0 aliphatic carbocycles. The van der Waals surface area contributed by atoms with Crippen LogP contribution >= 0.6 is 12.6 Å². The maximum absolute atomic E-state index is 12.7. The Labute approximate surface area is 184 Å². The first-order chi connectivity index (χ1) is 14.4. The topological polar surface area (TPSA) is 255 Å². The Hall–Kier alpha value is -2.62. The first-order valence-corrected chi connectivity index (χ1v) is 9.92. The van der Waals surface area contributed by atoms with Crippen LogP contribution in [0.3, 0.4) is 0 Å². The van der Waals surface area contributed by atoms with Crippen LogP contribution in [0, 0.1) is 0 Å². The summed E-state index contributed by atoms with van der Waals surface area (Å²) in [5, 5.41) is 34.5. The monoisotopic (exact) mass is 465 g/mol. The zero-order chi connectivity index (χ0) is 24.1. The summed E-state index contributed by atoms with van der Waals surface area (Å²) in [5.41, 5.74) is 16.1. The van der Waals surface area contributed by atoms with E-state index >= 15 is 0 Å². The molecule has 0 aromatic heterocycles. The number of nitrogens with zero attached hydrogens (tertiary/aromatic N) is 1. The van der Waals surface area contributed by atoms with Crippen LogP contribution in [-0.4, -0.2) is 94.1 Å². The second-order valence-corrected chi connectivity index (χ2v) is 6.97. The third kappa shape index (κ3) is 10.8. The third-order valence-electron chi connectivity index (χ3n) is 3.97. The number of nitrogens with two attached hydrogens (primary N) is 3. The molecule has 15 heteroatoms. The van der Waals surface area contributed by atoms with E-state index in [0.717, 1.165) is 0 Å². The predicted molar refractivity (Wildman–Crippen MR) is 114 cm³/mol. The fourth-order valence-electron chi connectivity index (χ4n) is 2.24. The van der Waals surface area contributed by atoms with Crippen molar-refractivity contribution in [2.24, 2.45) is 22.2 Å². The highest BCUT2D eigenvalue weighted by Gasteiger charge is 2.32. The molecule has 0 saturated heterocycles. The van der Waals surface area contributed by atoms with Crippen LogP contribution in [0.2, 0.25) is 0 Å². The van der Waals surface area contributed by atoms with Crippen molar-refractivity contribution in [3.63, 3.8) is 0 Å². The van der Waals surface area contributed by atoms with Gasteiger partial charge in [-0.2, -0.15) is 12.6 Å². The maximum atomic E-state index is 12.7. The number of carboxylic acid groups (broad SMARTS) is 1. The highest BCUT2D eigenvalue weighted by Crippen LogP contribution is 2.03. The van der Waals surface area contributed by atoms with Gasteiger partial charge in [-0.1, -0.05) is 0 Å². The minimum atomic E-state index is -1.63. The van der Waals surface area contributed by atoms with E-state index in [9.17, 15) is 24.3 Å². The third-order valence-corrected chi connectivity index (χ3v) is 4.36. The molecule has 14 nitrogen and oxygen atoms in total. The second-order valence-electron chi connectivity index (χ2n) is 6.61. The number of aliphatic hydroxyl groups excluding tert-OH is 2. The van der Waals surface area contributed by atoms with Crippen LogP contribution in [0.5, 0.6) is 0 Å². The van der Waals surface area contributed by atoms with E-state index in [4.69, 9.17) is 27.4 Å². The Balaban J connectivity index is 5.36. The van der Waals surface area contributed by atoms with Crippen molar-refractivity contribution >= 4 is 42.3 Å². The van der Waals surface area contributed by atoms with Crippen LogP contribution in [0.1, 0.15) is 19.8 Å². The van der Waals surface area contributed by atoms with E-state index in [1.54, 1.807) is 0 Å². The molecule has 3 amide bonds.